The average molecular weight is 403 g/mol. The highest BCUT2D eigenvalue weighted by Gasteiger charge is 2.33. The molecule has 0 fully saturated rings. The molecule has 0 saturated carbocycles. The van der Waals surface area contributed by atoms with Crippen molar-refractivity contribution in [1.82, 2.24) is 10.1 Å². The van der Waals surface area contributed by atoms with E-state index in [9.17, 15) is 8.42 Å². The largest absolute Gasteiger partial charge is 0.334 e. The molecule has 1 aliphatic rings. The second-order valence-electron chi connectivity index (χ2n) is 6.74. The maximum atomic E-state index is 13.5. The zero-order valence-corrected chi connectivity index (χ0v) is 16.2. The maximum Gasteiger partial charge on any atom is 0.265 e. The van der Waals surface area contributed by atoms with Crippen LogP contribution in [0.25, 0.3) is 22.8 Å². The van der Waals surface area contributed by atoms with Crippen molar-refractivity contribution < 1.29 is 12.9 Å². The van der Waals surface area contributed by atoms with Crippen LogP contribution in [0.3, 0.4) is 0 Å². The van der Waals surface area contributed by atoms with E-state index in [0.717, 1.165) is 16.8 Å². The van der Waals surface area contributed by atoms with Crippen LogP contribution in [0.1, 0.15) is 5.56 Å². The molecule has 0 N–H and O–H groups in total. The van der Waals surface area contributed by atoms with Gasteiger partial charge < -0.3 is 4.52 Å². The quantitative estimate of drug-likeness (QED) is 0.511. The van der Waals surface area contributed by atoms with Crippen molar-refractivity contribution >= 4 is 15.7 Å². The number of para-hydroxylation sites is 1. The Kier molecular flexibility index (Phi) is 4.17. The third-order valence-corrected chi connectivity index (χ3v) is 6.86. The van der Waals surface area contributed by atoms with E-state index in [2.05, 4.69) is 10.1 Å². The highest BCUT2D eigenvalue weighted by molar-refractivity contribution is 7.93. The predicted molar refractivity (Wildman–Crippen MR) is 110 cm³/mol. The third-order valence-electron chi connectivity index (χ3n) is 4.99. The first-order chi connectivity index (χ1) is 14.1. The number of sulfonamides is 1. The summed E-state index contributed by atoms with van der Waals surface area (Å²) in [6.07, 6.45) is 0.691. The third kappa shape index (κ3) is 3.00. The van der Waals surface area contributed by atoms with Crippen LogP contribution in [0.15, 0.2) is 88.3 Å². The number of aromatic nitrogens is 2. The summed E-state index contributed by atoms with van der Waals surface area (Å²) in [6, 6.07) is 23.7. The zero-order valence-electron chi connectivity index (χ0n) is 15.4. The van der Waals surface area contributed by atoms with Crippen molar-refractivity contribution in [3.8, 4) is 22.8 Å². The summed E-state index contributed by atoms with van der Waals surface area (Å²) < 4.78 is 33.9. The molecule has 29 heavy (non-hydrogen) atoms. The Morgan fingerprint density at radius 1 is 0.862 bits per heavy atom. The second kappa shape index (κ2) is 6.86. The number of anilines is 1. The van der Waals surface area contributed by atoms with E-state index < -0.39 is 10.0 Å². The molecule has 2 heterocycles. The van der Waals surface area contributed by atoms with Crippen LogP contribution in [0, 0.1) is 0 Å². The Labute approximate surface area is 168 Å². The Hall–Kier alpha value is -3.45. The predicted octanol–water partition coefficient (Wildman–Crippen LogP) is 4.16. The summed E-state index contributed by atoms with van der Waals surface area (Å²) in [5, 5.41) is 4.02. The van der Waals surface area contributed by atoms with Gasteiger partial charge in [-0.1, -0.05) is 65.8 Å². The zero-order chi connectivity index (χ0) is 19.8. The number of hydrogen-bond acceptors (Lipinski definition) is 5. The van der Waals surface area contributed by atoms with Gasteiger partial charge in [0.1, 0.15) is 4.90 Å². The average Bonchev–Trinajstić information content (AvgIpc) is 3.42. The van der Waals surface area contributed by atoms with Gasteiger partial charge in [-0.2, -0.15) is 4.98 Å². The van der Waals surface area contributed by atoms with Crippen LogP contribution in [-0.2, 0) is 16.4 Å². The first-order valence-electron chi connectivity index (χ1n) is 9.24. The van der Waals surface area contributed by atoms with Crippen molar-refractivity contribution in [1.29, 1.82) is 0 Å². The molecule has 0 amide bonds. The molecule has 0 spiro atoms. The van der Waals surface area contributed by atoms with Gasteiger partial charge in [0, 0.05) is 12.1 Å². The van der Waals surface area contributed by atoms with Gasteiger partial charge >= 0.3 is 0 Å². The van der Waals surface area contributed by atoms with E-state index >= 15 is 0 Å². The van der Waals surface area contributed by atoms with Gasteiger partial charge in [0.2, 0.25) is 5.82 Å². The fourth-order valence-corrected chi connectivity index (χ4v) is 5.27. The number of rotatable bonds is 4. The smallest absolute Gasteiger partial charge is 0.265 e. The standard InChI is InChI=1S/C22H17N3O3S/c26-29(27,25-15-14-16-8-4-6-12-19(16)25)20-13-7-5-11-18(20)22-23-21(24-28-22)17-9-2-1-3-10-17/h1-13H,14-15H2. The van der Waals surface area contributed by atoms with Crippen LogP contribution in [0.4, 0.5) is 5.69 Å². The lowest BCUT2D eigenvalue weighted by molar-refractivity contribution is 0.431. The van der Waals surface area contributed by atoms with Crippen LogP contribution in [-0.4, -0.2) is 25.1 Å². The minimum atomic E-state index is -3.78. The van der Waals surface area contributed by atoms with E-state index in [1.165, 1.54) is 4.31 Å². The van der Waals surface area contributed by atoms with Crippen LogP contribution in [0.5, 0.6) is 0 Å². The lowest BCUT2D eigenvalue weighted by atomic mass is 10.2. The molecule has 0 saturated heterocycles. The Bertz CT molecular complexity index is 1280. The fraction of sp³-hybridized carbons (Fsp3) is 0.0909. The Balaban J connectivity index is 1.58. The molecule has 5 rings (SSSR count). The van der Waals surface area contributed by atoms with Gasteiger partial charge in [-0.3, -0.25) is 4.31 Å². The highest BCUT2D eigenvalue weighted by Crippen LogP contribution is 2.36. The molecule has 0 aliphatic carbocycles. The molecule has 1 aliphatic heterocycles. The molecule has 0 bridgehead atoms. The Morgan fingerprint density at radius 2 is 1.59 bits per heavy atom. The molecule has 6 nitrogen and oxygen atoms in total. The van der Waals surface area contributed by atoms with Gasteiger partial charge in [0.25, 0.3) is 15.9 Å². The van der Waals surface area contributed by atoms with E-state index in [-0.39, 0.29) is 10.8 Å². The first-order valence-corrected chi connectivity index (χ1v) is 10.7. The summed E-state index contributed by atoms with van der Waals surface area (Å²) in [6.45, 7) is 0.412. The number of benzene rings is 3. The van der Waals surface area contributed by atoms with E-state index in [0.29, 0.717) is 24.4 Å². The minimum Gasteiger partial charge on any atom is -0.334 e. The van der Waals surface area contributed by atoms with Gasteiger partial charge in [-0.15, -0.1) is 0 Å². The van der Waals surface area contributed by atoms with Gasteiger partial charge in [-0.05, 0) is 30.2 Å². The summed E-state index contributed by atoms with van der Waals surface area (Å²) in [5.74, 6) is 0.592. The van der Waals surface area contributed by atoms with E-state index in [1.54, 1.807) is 24.3 Å². The topological polar surface area (TPSA) is 76.3 Å². The number of nitrogens with zero attached hydrogens (tertiary/aromatic N) is 3. The fourth-order valence-electron chi connectivity index (χ4n) is 3.58. The monoisotopic (exact) mass is 403 g/mol. The van der Waals surface area contributed by atoms with Gasteiger partial charge in [0.05, 0.1) is 11.3 Å². The van der Waals surface area contributed by atoms with Gasteiger partial charge in [-0.25, -0.2) is 8.42 Å². The lowest BCUT2D eigenvalue weighted by Crippen LogP contribution is -2.29. The van der Waals surface area contributed by atoms with Crippen LogP contribution in [0.2, 0.25) is 0 Å². The minimum absolute atomic E-state index is 0.153. The molecule has 0 atom stereocenters. The van der Waals surface area contributed by atoms with Crippen LogP contribution < -0.4 is 4.31 Å². The summed E-state index contributed by atoms with van der Waals surface area (Å²) >= 11 is 0. The molecule has 144 valence electrons. The SMILES string of the molecule is O=S(=O)(c1ccccc1-c1nc(-c2ccccc2)no1)N1CCc2ccccc21. The maximum absolute atomic E-state index is 13.5. The number of fused-ring (bicyclic) bond motifs is 1. The molecule has 3 aromatic carbocycles. The Morgan fingerprint density at radius 3 is 2.45 bits per heavy atom. The van der Waals surface area contributed by atoms with Crippen molar-refractivity contribution in [2.24, 2.45) is 0 Å². The first kappa shape index (κ1) is 17.6. The van der Waals surface area contributed by atoms with Crippen molar-refractivity contribution in [3.63, 3.8) is 0 Å². The molecule has 1 aromatic heterocycles. The lowest BCUT2D eigenvalue weighted by Gasteiger charge is -2.20. The van der Waals surface area contributed by atoms with E-state index in [4.69, 9.17) is 4.52 Å². The van der Waals surface area contributed by atoms with Gasteiger partial charge in [0.15, 0.2) is 0 Å². The summed E-state index contributed by atoms with van der Waals surface area (Å²) in [7, 11) is -3.78. The van der Waals surface area contributed by atoms with Crippen molar-refractivity contribution in [2.45, 2.75) is 11.3 Å². The second-order valence-corrected chi connectivity index (χ2v) is 8.57. The van der Waals surface area contributed by atoms with E-state index in [1.807, 2.05) is 54.6 Å². The molecule has 0 unspecified atom stereocenters. The molecule has 4 aromatic rings. The normalized spacial score (nSPS) is 13.4. The molecule has 7 heteroatoms. The van der Waals surface area contributed by atoms with Crippen molar-refractivity contribution in [3.05, 3.63) is 84.4 Å². The van der Waals surface area contributed by atoms with Crippen molar-refractivity contribution in [2.75, 3.05) is 10.8 Å². The molecular weight excluding hydrogens is 386 g/mol. The van der Waals surface area contributed by atoms with Crippen LogP contribution >= 0.6 is 0 Å². The summed E-state index contributed by atoms with van der Waals surface area (Å²) in [4.78, 5) is 4.59. The highest BCUT2D eigenvalue weighted by atomic mass is 32.2. The number of hydrogen-bond donors (Lipinski definition) is 0. The summed E-state index contributed by atoms with van der Waals surface area (Å²) in [5.41, 5.74) is 2.94. The molecular formula is C22H17N3O3S. The molecule has 0 radical (unpaired) electrons.